The molecule has 1 aromatic carbocycles. The second-order valence-corrected chi connectivity index (χ2v) is 6.65. The van der Waals surface area contributed by atoms with E-state index in [1.165, 1.54) is 4.90 Å². The molecule has 134 valence electrons. The minimum Gasteiger partial charge on any atom is -0.465 e. The number of hydrogen-bond acceptors (Lipinski definition) is 4. The SMILES string of the molecule is Nc1cc(-c2cccc3c2CCN3C(=O)[C@@H]2CCCN2C(=O)O)ccn1. The number of pyridine rings is 1. The highest BCUT2D eigenvalue weighted by Crippen LogP contribution is 2.37. The van der Waals surface area contributed by atoms with Gasteiger partial charge in [0.1, 0.15) is 11.9 Å². The van der Waals surface area contributed by atoms with Crippen LogP contribution in [0, 0.1) is 0 Å². The Kier molecular flexibility index (Phi) is 3.99. The van der Waals surface area contributed by atoms with Crippen molar-refractivity contribution >= 4 is 23.5 Å². The van der Waals surface area contributed by atoms with E-state index in [-0.39, 0.29) is 5.91 Å². The van der Waals surface area contributed by atoms with E-state index in [2.05, 4.69) is 4.98 Å². The van der Waals surface area contributed by atoms with Crippen LogP contribution >= 0.6 is 0 Å². The van der Waals surface area contributed by atoms with Crippen LogP contribution in [-0.4, -0.2) is 46.1 Å². The fraction of sp³-hybridized carbons (Fsp3) is 0.316. The molecule has 4 rings (SSSR count). The van der Waals surface area contributed by atoms with E-state index in [1.54, 1.807) is 11.1 Å². The van der Waals surface area contributed by atoms with E-state index in [0.717, 1.165) is 35.2 Å². The molecule has 1 atom stereocenters. The first kappa shape index (κ1) is 16.4. The molecule has 0 aliphatic carbocycles. The van der Waals surface area contributed by atoms with E-state index in [4.69, 9.17) is 5.73 Å². The molecule has 7 heteroatoms. The molecule has 7 nitrogen and oxygen atoms in total. The predicted octanol–water partition coefficient (Wildman–Crippen LogP) is 2.36. The number of anilines is 2. The average molecular weight is 352 g/mol. The van der Waals surface area contributed by atoms with Gasteiger partial charge in [0.2, 0.25) is 5.91 Å². The third kappa shape index (κ3) is 2.65. The van der Waals surface area contributed by atoms with Crippen LogP contribution in [0.4, 0.5) is 16.3 Å². The molecule has 0 unspecified atom stereocenters. The Morgan fingerprint density at radius 2 is 2.08 bits per heavy atom. The summed E-state index contributed by atoms with van der Waals surface area (Å²) in [5.74, 6) is 0.323. The van der Waals surface area contributed by atoms with E-state index in [9.17, 15) is 14.7 Å². The molecule has 1 fully saturated rings. The maximum Gasteiger partial charge on any atom is 0.407 e. The Balaban J connectivity index is 1.67. The smallest absolute Gasteiger partial charge is 0.407 e. The highest BCUT2D eigenvalue weighted by Gasteiger charge is 2.39. The van der Waals surface area contributed by atoms with Gasteiger partial charge in [-0.05, 0) is 54.2 Å². The van der Waals surface area contributed by atoms with Crippen molar-refractivity contribution in [1.29, 1.82) is 0 Å². The van der Waals surface area contributed by atoms with Gasteiger partial charge in [-0.1, -0.05) is 12.1 Å². The fourth-order valence-corrected chi connectivity index (χ4v) is 3.98. The molecule has 2 amide bonds. The fourth-order valence-electron chi connectivity index (χ4n) is 3.98. The number of carbonyl (C=O) groups excluding carboxylic acids is 1. The molecular formula is C19H20N4O3. The summed E-state index contributed by atoms with van der Waals surface area (Å²) < 4.78 is 0. The lowest BCUT2D eigenvalue weighted by Crippen LogP contribution is -2.47. The third-order valence-electron chi connectivity index (χ3n) is 5.17. The second kappa shape index (κ2) is 6.33. The molecule has 26 heavy (non-hydrogen) atoms. The predicted molar refractivity (Wildman–Crippen MR) is 97.9 cm³/mol. The van der Waals surface area contributed by atoms with Gasteiger partial charge in [-0.3, -0.25) is 9.69 Å². The molecule has 0 radical (unpaired) electrons. The number of amides is 2. The average Bonchev–Trinajstić information content (AvgIpc) is 3.28. The summed E-state index contributed by atoms with van der Waals surface area (Å²) in [5, 5.41) is 9.33. The van der Waals surface area contributed by atoms with Crippen molar-refractivity contribution in [3.63, 3.8) is 0 Å². The number of carbonyl (C=O) groups is 2. The van der Waals surface area contributed by atoms with Crippen molar-refractivity contribution < 1.29 is 14.7 Å². The van der Waals surface area contributed by atoms with E-state index in [1.807, 2.05) is 30.3 Å². The van der Waals surface area contributed by atoms with E-state index < -0.39 is 12.1 Å². The Morgan fingerprint density at radius 3 is 2.85 bits per heavy atom. The van der Waals surface area contributed by atoms with Gasteiger partial charge in [0.25, 0.3) is 0 Å². The quantitative estimate of drug-likeness (QED) is 0.864. The third-order valence-corrected chi connectivity index (χ3v) is 5.17. The molecule has 1 saturated heterocycles. The highest BCUT2D eigenvalue weighted by molar-refractivity contribution is 6.01. The van der Waals surface area contributed by atoms with E-state index in [0.29, 0.717) is 25.3 Å². The first-order valence-electron chi connectivity index (χ1n) is 8.71. The van der Waals surface area contributed by atoms with E-state index >= 15 is 0 Å². The summed E-state index contributed by atoms with van der Waals surface area (Å²) in [5.41, 5.74) is 9.76. The molecule has 0 saturated carbocycles. The number of carboxylic acid groups (broad SMARTS) is 1. The second-order valence-electron chi connectivity index (χ2n) is 6.65. The lowest BCUT2D eigenvalue weighted by molar-refractivity contribution is -0.122. The zero-order chi connectivity index (χ0) is 18.3. The molecule has 2 aromatic rings. The Morgan fingerprint density at radius 1 is 1.23 bits per heavy atom. The molecule has 2 aliphatic rings. The Hall–Kier alpha value is -3.09. The number of fused-ring (bicyclic) bond motifs is 1. The lowest BCUT2D eigenvalue weighted by Gasteiger charge is -2.26. The number of rotatable bonds is 2. The summed E-state index contributed by atoms with van der Waals surface area (Å²) in [6.45, 7) is 0.985. The van der Waals surface area contributed by atoms with Gasteiger partial charge >= 0.3 is 6.09 Å². The molecular weight excluding hydrogens is 332 g/mol. The molecule has 1 aromatic heterocycles. The van der Waals surface area contributed by atoms with Crippen LogP contribution < -0.4 is 10.6 Å². The number of benzene rings is 1. The maximum atomic E-state index is 13.0. The van der Waals surface area contributed by atoms with Crippen LogP contribution in [0.5, 0.6) is 0 Å². The minimum absolute atomic E-state index is 0.130. The Bertz CT molecular complexity index is 883. The van der Waals surface area contributed by atoms with Gasteiger partial charge in [-0.15, -0.1) is 0 Å². The van der Waals surface area contributed by atoms with Gasteiger partial charge in [-0.25, -0.2) is 9.78 Å². The van der Waals surface area contributed by atoms with Crippen molar-refractivity contribution in [3.8, 4) is 11.1 Å². The number of nitrogens with zero attached hydrogens (tertiary/aromatic N) is 3. The molecule has 3 heterocycles. The summed E-state index contributed by atoms with van der Waals surface area (Å²) in [6.07, 6.45) is 2.68. The summed E-state index contributed by atoms with van der Waals surface area (Å²) in [7, 11) is 0. The molecule has 3 N–H and O–H groups in total. The number of likely N-dealkylation sites (tertiary alicyclic amines) is 1. The van der Waals surface area contributed by atoms with Crippen LogP contribution in [0.25, 0.3) is 11.1 Å². The van der Waals surface area contributed by atoms with Gasteiger partial charge in [0, 0.05) is 25.0 Å². The zero-order valence-corrected chi connectivity index (χ0v) is 14.3. The molecule has 0 spiro atoms. The minimum atomic E-state index is -1.03. The largest absolute Gasteiger partial charge is 0.465 e. The van der Waals surface area contributed by atoms with Crippen molar-refractivity contribution in [3.05, 3.63) is 42.1 Å². The first-order valence-corrected chi connectivity index (χ1v) is 8.71. The van der Waals surface area contributed by atoms with Gasteiger partial charge in [0.15, 0.2) is 0 Å². The number of aromatic nitrogens is 1. The number of nitrogens with two attached hydrogens (primary N) is 1. The van der Waals surface area contributed by atoms with Crippen LogP contribution in [0.3, 0.4) is 0 Å². The van der Waals surface area contributed by atoms with Gasteiger partial charge in [-0.2, -0.15) is 0 Å². The molecule has 0 bridgehead atoms. The van der Waals surface area contributed by atoms with Crippen LogP contribution in [0.1, 0.15) is 18.4 Å². The number of nitrogen functional groups attached to an aromatic ring is 1. The maximum absolute atomic E-state index is 13.0. The highest BCUT2D eigenvalue weighted by atomic mass is 16.4. The summed E-state index contributed by atoms with van der Waals surface area (Å²) >= 11 is 0. The van der Waals surface area contributed by atoms with Crippen molar-refractivity contribution in [2.45, 2.75) is 25.3 Å². The van der Waals surface area contributed by atoms with Crippen molar-refractivity contribution in [2.24, 2.45) is 0 Å². The van der Waals surface area contributed by atoms with Gasteiger partial charge < -0.3 is 15.7 Å². The monoisotopic (exact) mass is 352 g/mol. The van der Waals surface area contributed by atoms with Crippen molar-refractivity contribution in [2.75, 3.05) is 23.7 Å². The zero-order valence-electron chi connectivity index (χ0n) is 14.3. The number of hydrogen-bond donors (Lipinski definition) is 2. The first-order chi connectivity index (χ1) is 12.6. The summed E-state index contributed by atoms with van der Waals surface area (Å²) in [4.78, 5) is 31.4. The normalized spacial score (nSPS) is 18.8. The standard InChI is InChI=1S/C19H20N4O3/c20-17-11-12(6-8-21-17)13-3-1-4-15-14(13)7-10-22(15)18(24)16-5-2-9-23(16)19(25)26/h1,3-4,6,8,11,16H,2,5,7,9-10H2,(H2,20,21)(H,25,26)/t16-/m0/s1. The lowest BCUT2D eigenvalue weighted by atomic mass is 9.98. The van der Waals surface area contributed by atoms with Crippen LogP contribution in [0.15, 0.2) is 36.5 Å². The van der Waals surface area contributed by atoms with Gasteiger partial charge in [0.05, 0.1) is 0 Å². The van der Waals surface area contributed by atoms with Crippen LogP contribution in [0.2, 0.25) is 0 Å². The van der Waals surface area contributed by atoms with Crippen molar-refractivity contribution in [1.82, 2.24) is 9.88 Å². The molecule has 2 aliphatic heterocycles. The van der Waals surface area contributed by atoms with Crippen LogP contribution in [-0.2, 0) is 11.2 Å². The Labute approximate surface area is 151 Å². The summed E-state index contributed by atoms with van der Waals surface area (Å²) in [6, 6.07) is 9.00. The topological polar surface area (TPSA) is 99.8 Å².